The van der Waals surface area contributed by atoms with Crippen molar-refractivity contribution in [2.75, 3.05) is 6.67 Å². The Bertz CT molecular complexity index is 638. The molecule has 1 saturated carbocycles. The van der Waals surface area contributed by atoms with Crippen molar-refractivity contribution in [2.45, 2.75) is 63.8 Å². The van der Waals surface area contributed by atoms with E-state index in [2.05, 4.69) is 11.7 Å². The second kappa shape index (κ2) is 7.71. The third-order valence-electron chi connectivity index (χ3n) is 5.70. The molecule has 1 nitrogen and oxygen atoms in total. The van der Waals surface area contributed by atoms with Gasteiger partial charge in [-0.2, -0.15) is 8.78 Å². The quantitative estimate of drug-likeness (QED) is 0.479. The van der Waals surface area contributed by atoms with Gasteiger partial charge >= 0.3 is 6.11 Å². The summed E-state index contributed by atoms with van der Waals surface area (Å²) in [5, 5.41) is 0. The molecule has 3 rings (SSSR count). The van der Waals surface area contributed by atoms with Gasteiger partial charge in [0.1, 0.15) is 0 Å². The van der Waals surface area contributed by atoms with Gasteiger partial charge in [-0.25, -0.2) is 8.78 Å². The van der Waals surface area contributed by atoms with Crippen molar-refractivity contribution in [1.82, 2.24) is 0 Å². The lowest BCUT2D eigenvalue weighted by atomic mass is 9.73. The van der Waals surface area contributed by atoms with Crippen LogP contribution in [0.15, 0.2) is 47.1 Å². The summed E-state index contributed by atoms with van der Waals surface area (Å²) in [4.78, 5) is 0. The molecule has 144 valence electrons. The van der Waals surface area contributed by atoms with Gasteiger partial charge in [-0.15, -0.1) is 0 Å². The van der Waals surface area contributed by atoms with Crippen LogP contribution in [0.1, 0.15) is 51.9 Å². The van der Waals surface area contributed by atoms with E-state index in [1.807, 2.05) is 6.08 Å². The van der Waals surface area contributed by atoms with Crippen LogP contribution in [0, 0.1) is 11.8 Å². The fourth-order valence-electron chi connectivity index (χ4n) is 4.37. The van der Waals surface area contributed by atoms with Crippen LogP contribution in [0.2, 0.25) is 0 Å². The summed E-state index contributed by atoms with van der Waals surface area (Å²) in [5.74, 6) is -1.52. The first kappa shape index (κ1) is 19.4. The molecule has 1 unspecified atom stereocenters. The van der Waals surface area contributed by atoms with Gasteiger partial charge in [0.15, 0.2) is 6.67 Å². The largest absolute Gasteiger partial charge is 0.387 e. The van der Waals surface area contributed by atoms with E-state index >= 15 is 4.39 Å². The summed E-state index contributed by atoms with van der Waals surface area (Å²) in [6, 6.07) is 0. The fourth-order valence-corrected chi connectivity index (χ4v) is 4.37. The molecule has 0 aromatic rings. The average Bonchev–Trinajstić information content (AvgIpc) is 2.62. The first-order valence-electron chi connectivity index (χ1n) is 9.49. The fraction of sp³-hybridized carbons (Fsp3) is 0.619. The van der Waals surface area contributed by atoms with Crippen LogP contribution in [0.25, 0.3) is 0 Å². The van der Waals surface area contributed by atoms with Gasteiger partial charge < -0.3 is 0 Å². The molecule has 0 saturated heterocycles. The summed E-state index contributed by atoms with van der Waals surface area (Å²) in [7, 11) is 0. The summed E-state index contributed by atoms with van der Waals surface area (Å²) in [6.45, 7) is 0.157. The molecular formula is C21H26F4O. The molecule has 26 heavy (non-hydrogen) atoms. The first-order chi connectivity index (χ1) is 12.4. The maximum absolute atomic E-state index is 15.0. The summed E-state index contributed by atoms with van der Waals surface area (Å²) in [6.07, 6.45) is 11.0. The van der Waals surface area contributed by atoms with E-state index in [4.69, 9.17) is 0 Å². The highest BCUT2D eigenvalue weighted by molar-refractivity contribution is 5.52. The highest BCUT2D eigenvalue weighted by atomic mass is 19.3. The molecule has 3 aliphatic rings. The Balaban J connectivity index is 1.74. The van der Waals surface area contributed by atoms with E-state index in [0.717, 1.165) is 24.8 Å². The summed E-state index contributed by atoms with van der Waals surface area (Å²) < 4.78 is 58.2. The molecular weight excluding hydrogens is 344 g/mol. The lowest BCUT2D eigenvalue weighted by Gasteiger charge is -2.36. The Morgan fingerprint density at radius 1 is 1.15 bits per heavy atom. The maximum Gasteiger partial charge on any atom is 0.387 e. The highest BCUT2D eigenvalue weighted by Crippen LogP contribution is 2.45. The minimum atomic E-state index is -4.15. The molecule has 1 fully saturated rings. The van der Waals surface area contributed by atoms with E-state index in [1.54, 1.807) is 6.08 Å². The number of alkyl halides is 4. The van der Waals surface area contributed by atoms with Gasteiger partial charge in [0.25, 0.3) is 5.85 Å². The van der Waals surface area contributed by atoms with Crippen molar-refractivity contribution in [1.29, 1.82) is 0 Å². The molecule has 0 heterocycles. The van der Waals surface area contributed by atoms with Crippen LogP contribution in [0.4, 0.5) is 17.6 Å². The summed E-state index contributed by atoms with van der Waals surface area (Å²) in [5.41, 5.74) is 1.92. The van der Waals surface area contributed by atoms with Gasteiger partial charge in [-0.05, 0) is 55.6 Å². The highest BCUT2D eigenvalue weighted by Gasteiger charge is 2.47. The molecule has 0 bridgehead atoms. The Morgan fingerprint density at radius 2 is 1.88 bits per heavy atom. The minimum absolute atomic E-state index is 0.0524. The van der Waals surface area contributed by atoms with Crippen LogP contribution in [-0.2, 0) is 4.74 Å². The Kier molecular flexibility index (Phi) is 5.75. The zero-order chi connectivity index (χ0) is 18.8. The van der Waals surface area contributed by atoms with Gasteiger partial charge in [0.2, 0.25) is 0 Å². The minimum Gasteiger partial charge on any atom is -0.273 e. The van der Waals surface area contributed by atoms with Gasteiger partial charge in [0.05, 0.1) is 0 Å². The number of hydrogen-bond donors (Lipinski definition) is 0. The Labute approximate surface area is 152 Å². The molecule has 0 spiro atoms. The van der Waals surface area contributed by atoms with Crippen LogP contribution in [0.3, 0.4) is 0 Å². The Morgan fingerprint density at radius 3 is 2.54 bits per heavy atom. The first-order valence-corrected chi connectivity index (χ1v) is 9.49. The molecule has 3 aliphatic carbocycles. The van der Waals surface area contributed by atoms with E-state index < -0.39 is 18.6 Å². The zero-order valence-electron chi connectivity index (χ0n) is 15.1. The third kappa shape index (κ3) is 4.13. The number of rotatable bonds is 6. The van der Waals surface area contributed by atoms with Crippen molar-refractivity contribution >= 4 is 0 Å². The van der Waals surface area contributed by atoms with E-state index in [0.29, 0.717) is 17.9 Å². The average molecular weight is 370 g/mol. The van der Waals surface area contributed by atoms with Crippen LogP contribution >= 0.6 is 0 Å². The lowest BCUT2D eigenvalue weighted by Crippen LogP contribution is -2.39. The predicted molar refractivity (Wildman–Crippen MR) is 94.2 cm³/mol. The molecule has 0 radical (unpaired) electrons. The van der Waals surface area contributed by atoms with Gasteiger partial charge in [0, 0.05) is 5.57 Å². The number of halogens is 4. The molecule has 0 N–H and O–H groups in total. The number of ether oxygens (including phenoxy) is 1. The van der Waals surface area contributed by atoms with Crippen molar-refractivity contribution < 1.29 is 22.3 Å². The van der Waals surface area contributed by atoms with Crippen LogP contribution in [0.5, 0.6) is 0 Å². The number of fused-ring (bicyclic) bond motifs is 1. The van der Waals surface area contributed by atoms with Crippen LogP contribution < -0.4 is 0 Å². The van der Waals surface area contributed by atoms with Gasteiger partial charge in [-0.1, -0.05) is 49.6 Å². The molecule has 0 aromatic heterocycles. The normalized spacial score (nSPS) is 31.8. The van der Waals surface area contributed by atoms with Crippen molar-refractivity contribution in [3.8, 4) is 0 Å². The predicted octanol–water partition coefficient (Wildman–Crippen LogP) is 6.59. The van der Waals surface area contributed by atoms with Crippen molar-refractivity contribution in [3.05, 3.63) is 47.1 Å². The van der Waals surface area contributed by atoms with E-state index in [1.165, 1.54) is 43.4 Å². The lowest BCUT2D eigenvalue weighted by molar-refractivity contribution is -0.308. The maximum atomic E-state index is 15.0. The number of hydrogen-bond acceptors (Lipinski definition) is 1. The summed E-state index contributed by atoms with van der Waals surface area (Å²) >= 11 is 0. The molecule has 1 atom stereocenters. The SMILES string of the molecule is CCC[C@H]1CC[C@H](C2=CC=C3C(=CC=CC3(F)OC(F)(F)CF)C2)CC1. The molecule has 0 amide bonds. The number of allylic oxidation sites excluding steroid dienone is 5. The van der Waals surface area contributed by atoms with Crippen LogP contribution in [-0.4, -0.2) is 18.6 Å². The van der Waals surface area contributed by atoms with E-state index in [9.17, 15) is 13.2 Å². The molecule has 5 heteroatoms. The standard InChI is InChI=1S/C21H26F4O/c1-2-4-15-6-8-16(9-7-15)17-10-11-19-18(13-17)5-3-12-20(19,23)26-21(24,25)14-22/h3,5,10-12,15-16H,2,4,6-9,13-14H2,1H3/t15-,16-,20?. The van der Waals surface area contributed by atoms with Crippen molar-refractivity contribution in [2.24, 2.45) is 11.8 Å². The third-order valence-corrected chi connectivity index (χ3v) is 5.70. The zero-order valence-corrected chi connectivity index (χ0v) is 15.1. The Hall–Kier alpha value is -1.36. The second-order valence-corrected chi connectivity index (χ2v) is 7.57. The monoisotopic (exact) mass is 370 g/mol. The second-order valence-electron chi connectivity index (χ2n) is 7.57. The topological polar surface area (TPSA) is 9.23 Å². The van der Waals surface area contributed by atoms with Crippen molar-refractivity contribution in [3.63, 3.8) is 0 Å². The smallest absolute Gasteiger partial charge is 0.273 e. The van der Waals surface area contributed by atoms with Gasteiger partial charge in [-0.3, -0.25) is 4.74 Å². The molecule has 0 aliphatic heterocycles. The molecule has 0 aromatic carbocycles. The van der Waals surface area contributed by atoms with E-state index in [-0.39, 0.29) is 5.57 Å².